The van der Waals surface area contributed by atoms with Crippen LogP contribution in [0.2, 0.25) is 0 Å². The Kier molecular flexibility index (Phi) is 6.85. The monoisotopic (exact) mass is 426 g/mol. The van der Waals surface area contributed by atoms with Crippen molar-refractivity contribution in [3.05, 3.63) is 51.4 Å². The number of ether oxygens (including phenoxy) is 2. The summed E-state index contributed by atoms with van der Waals surface area (Å²) in [7, 11) is 0. The molecule has 1 aromatic heterocycles. The van der Waals surface area contributed by atoms with E-state index in [-0.39, 0.29) is 12.2 Å². The Labute approximate surface area is 178 Å². The first kappa shape index (κ1) is 21.5. The molecular formula is C22H22N2O5S. The summed E-state index contributed by atoms with van der Waals surface area (Å²) in [5, 5.41) is 12.0. The third kappa shape index (κ3) is 4.69. The number of nitrogens with zero attached hydrogens (tertiary/aromatic N) is 1. The Morgan fingerprint density at radius 1 is 1.17 bits per heavy atom. The minimum atomic E-state index is -1.07. The Morgan fingerprint density at radius 3 is 2.53 bits per heavy atom. The maximum absolute atomic E-state index is 12.6. The summed E-state index contributed by atoms with van der Waals surface area (Å²) in [6.07, 6.45) is 2.61. The number of benzene rings is 1. The number of hydrogen-bond donors (Lipinski definition) is 1. The number of fused-ring (bicyclic) bond motifs is 1. The van der Waals surface area contributed by atoms with Crippen LogP contribution in [-0.4, -0.2) is 30.6 Å². The molecule has 156 valence electrons. The Balaban J connectivity index is 1.73. The van der Waals surface area contributed by atoms with Gasteiger partial charge in [-0.3, -0.25) is 4.79 Å². The quantitative estimate of drug-likeness (QED) is 0.703. The second kappa shape index (κ2) is 9.55. The average molecular weight is 426 g/mol. The van der Waals surface area contributed by atoms with Crippen LogP contribution in [0.4, 0.5) is 5.00 Å². The molecule has 1 aliphatic carbocycles. The van der Waals surface area contributed by atoms with Gasteiger partial charge < -0.3 is 14.8 Å². The van der Waals surface area contributed by atoms with Gasteiger partial charge in [-0.2, -0.15) is 5.26 Å². The number of carbonyl (C=O) groups is 3. The van der Waals surface area contributed by atoms with E-state index in [0.717, 1.165) is 36.1 Å². The van der Waals surface area contributed by atoms with E-state index in [1.54, 1.807) is 6.92 Å². The molecule has 1 heterocycles. The summed E-state index contributed by atoms with van der Waals surface area (Å²) in [5.41, 5.74) is 2.02. The fraction of sp³-hybridized carbons (Fsp3) is 0.364. The van der Waals surface area contributed by atoms with Gasteiger partial charge in [-0.25, -0.2) is 9.59 Å². The third-order valence-electron chi connectivity index (χ3n) is 4.79. The fourth-order valence-electron chi connectivity index (χ4n) is 3.25. The highest BCUT2D eigenvalue weighted by molar-refractivity contribution is 7.17. The molecule has 0 fully saturated rings. The topological polar surface area (TPSA) is 105 Å². The van der Waals surface area contributed by atoms with Gasteiger partial charge in [0.25, 0.3) is 5.91 Å². The second-order valence-electron chi connectivity index (χ2n) is 6.86. The summed E-state index contributed by atoms with van der Waals surface area (Å²) in [6.45, 7) is 3.45. The summed E-state index contributed by atoms with van der Waals surface area (Å²) in [4.78, 5) is 38.5. The van der Waals surface area contributed by atoms with Gasteiger partial charge >= 0.3 is 11.9 Å². The summed E-state index contributed by atoms with van der Waals surface area (Å²) < 4.78 is 10.4. The highest BCUT2D eigenvalue weighted by Gasteiger charge is 2.29. The van der Waals surface area contributed by atoms with Crippen molar-refractivity contribution < 1.29 is 23.9 Å². The van der Waals surface area contributed by atoms with Crippen molar-refractivity contribution in [1.29, 1.82) is 5.26 Å². The Bertz CT molecular complexity index is 1000. The largest absolute Gasteiger partial charge is 0.462 e. The van der Waals surface area contributed by atoms with Gasteiger partial charge in [0, 0.05) is 4.88 Å². The zero-order valence-electron chi connectivity index (χ0n) is 16.8. The molecule has 1 aliphatic rings. The van der Waals surface area contributed by atoms with E-state index in [1.807, 2.05) is 6.07 Å². The molecule has 2 aromatic rings. The average Bonchev–Trinajstić information content (AvgIpc) is 3.11. The molecule has 0 saturated carbocycles. The number of nitriles is 1. The molecule has 8 heteroatoms. The zero-order chi connectivity index (χ0) is 21.7. The number of nitrogens with one attached hydrogen (secondary N) is 1. The second-order valence-corrected chi connectivity index (χ2v) is 7.97. The third-order valence-corrected chi connectivity index (χ3v) is 6.00. The van der Waals surface area contributed by atoms with Crippen molar-refractivity contribution in [3.8, 4) is 6.07 Å². The van der Waals surface area contributed by atoms with E-state index in [0.29, 0.717) is 16.1 Å². The summed E-state index contributed by atoms with van der Waals surface area (Å²) in [5.74, 6) is -1.64. The molecule has 0 aliphatic heterocycles. The molecule has 0 bridgehead atoms. The standard InChI is InChI=1S/C22H22N2O5S/c1-3-28-22(27)18-16-6-4-5-7-17(16)30-20(18)24-19(25)13(2)29-21(26)15-10-8-14(12-23)9-11-15/h8-11,13H,3-7H2,1-2H3,(H,24,25). The lowest BCUT2D eigenvalue weighted by Gasteiger charge is -2.14. The number of rotatable bonds is 6. The number of anilines is 1. The number of aryl methyl sites for hydroxylation is 1. The van der Waals surface area contributed by atoms with E-state index in [4.69, 9.17) is 14.7 Å². The summed E-state index contributed by atoms with van der Waals surface area (Å²) in [6, 6.07) is 7.92. The van der Waals surface area contributed by atoms with E-state index >= 15 is 0 Å². The van der Waals surface area contributed by atoms with Crippen LogP contribution < -0.4 is 5.32 Å². The predicted octanol–water partition coefficient (Wildman–Crippen LogP) is 3.86. The van der Waals surface area contributed by atoms with Gasteiger partial charge in [0.05, 0.1) is 29.4 Å². The maximum atomic E-state index is 12.6. The molecule has 7 nitrogen and oxygen atoms in total. The lowest BCUT2D eigenvalue weighted by molar-refractivity contribution is -0.123. The van der Waals surface area contributed by atoms with Crippen LogP contribution in [0.15, 0.2) is 24.3 Å². The van der Waals surface area contributed by atoms with Crippen molar-refractivity contribution >= 4 is 34.2 Å². The van der Waals surface area contributed by atoms with Gasteiger partial charge in [-0.15, -0.1) is 11.3 Å². The van der Waals surface area contributed by atoms with Crippen molar-refractivity contribution in [1.82, 2.24) is 0 Å². The van der Waals surface area contributed by atoms with E-state index in [9.17, 15) is 14.4 Å². The van der Waals surface area contributed by atoms with Gasteiger partial charge in [0.15, 0.2) is 6.10 Å². The highest BCUT2D eigenvalue weighted by Crippen LogP contribution is 2.38. The number of thiophene rings is 1. The predicted molar refractivity (Wildman–Crippen MR) is 112 cm³/mol. The van der Waals surface area contributed by atoms with Crippen LogP contribution in [0.3, 0.4) is 0 Å². The van der Waals surface area contributed by atoms with Crippen LogP contribution in [0.25, 0.3) is 0 Å². The van der Waals surface area contributed by atoms with Crippen molar-refractivity contribution in [3.63, 3.8) is 0 Å². The van der Waals surface area contributed by atoms with Gasteiger partial charge in [0.2, 0.25) is 0 Å². The molecule has 1 atom stereocenters. The Morgan fingerprint density at radius 2 is 1.87 bits per heavy atom. The van der Waals surface area contributed by atoms with Gasteiger partial charge in [-0.05, 0) is 69.4 Å². The van der Waals surface area contributed by atoms with E-state index in [1.165, 1.54) is 42.5 Å². The van der Waals surface area contributed by atoms with Crippen LogP contribution >= 0.6 is 11.3 Å². The van der Waals surface area contributed by atoms with Crippen LogP contribution in [-0.2, 0) is 27.1 Å². The molecule has 0 saturated heterocycles. The lowest BCUT2D eigenvalue weighted by Crippen LogP contribution is -2.30. The van der Waals surface area contributed by atoms with Crippen LogP contribution in [0.5, 0.6) is 0 Å². The van der Waals surface area contributed by atoms with Crippen molar-refractivity contribution in [2.75, 3.05) is 11.9 Å². The molecule has 3 rings (SSSR count). The molecule has 0 spiro atoms. The first-order valence-corrected chi connectivity index (χ1v) is 10.6. The van der Waals surface area contributed by atoms with Gasteiger partial charge in [0.1, 0.15) is 5.00 Å². The number of carbonyl (C=O) groups excluding carboxylic acids is 3. The lowest BCUT2D eigenvalue weighted by atomic mass is 9.95. The molecule has 1 amide bonds. The zero-order valence-corrected chi connectivity index (χ0v) is 17.6. The summed E-state index contributed by atoms with van der Waals surface area (Å²) >= 11 is 1.38. The Hall–Kier alpha value is -3.18. The number of hydrogen-bond acceptors (Lipinski definition) is 7. The molecular weight excluding hydrogens is 404 g/mol. The van der Waals surface area contributed by atoms with Crippen LogP contribution in [0.1, 0.15) is 63.4 Å². The number of amides is 1. The molecule has 0 radical (unpaired) electrons. The minimum absolute atomic E-state index is 0.243. The molecule has 1 N–H and O–H groups in total. The minimum Gasteiger partial charge on any atom is -0.462 e. The maximum Gasteiger partial charge on any atom is 0.341 e. The first-order chi connectivity index (χ1) is 14.4. The molecule has 1 aromatic carbocycles. The molecule has 1 unspecified atom stereocenters. The fourth-order valence-corrected chi connectivity index (χ4v) is 4.53. The first-order valence-electron chi connectivity index (χ1n) is 9.78. The van der Waals surface area contributed by atoms with Crippen LogP contribution in [0, 0.1) is 11.3 Å². The normalized spacial score (nSPS) is 13.5. The van der Waals surface area contributed by atoms with E-state index in [2.05, 4.69) is 5.32 Å². The van der Waals surface area contributed by atoms with E-state index < -0.39 is 23.9 Å². The van der Waals surface area contributed by atoms with Gasteiger partial charge in [-0.1, -0.05) is 0 Å². The molecule has 30 heavy (non-hydrogen) atoms. The SMILES string of the molecule is CCOC(=O)c1c(NC(=O)C(C)OC(=O)c2ccc(C#N)cc2)sc2c1CCCC2. The van der Waals surface area contributed by atoms with Crippen molar-refractivity contribution in [2.24, 2.45) is 0 Å². The smallest absolute Gasteiger partial charge is 0.341 e. The van der Waals surface area contributed by atoms with Crippen molar-refractivity contribution in [2.45, 2.75) is 45.6 Å². The highest BCUT2D eigenvalue weighted by atomic mass is 32.1. The number of esters is 2.